The van der Waals surface area contributed by atoms with Gasteiger partial charge in [0.05, 0.1) is 0 Å². The molecule has 0 bridgehead atoms. The van der Waals surface area contributed by atoms with Gasteiger partial charge in [0.2, 0.25) is 11.8 Å². The van der Waals surface area contributed by atoms with E-state index >= 15 is 0 Å². The van der Waals surface area contributed by atoms with Crippen molar-refractivity contribution in [2.24, 2.45) is 4.58 Å². The van der Waals surface area contributed by atoms with Crippen molar-refractivity contribution in [2.45, 2.75) is 31.8 Å². The summed E-state index contributed by atoms with van der Waals surface area (Å²) in [7, 11) is 0. The second-order valence-corrected chi connectivity index (χ2v) is 4.89. The van der Waals surface area contributed by atoms with Gasteiger partial charge in [-0.05, 0) is 12.8 Å². The highest BCUT2D eigenvalue weighted by atomic mass is 32.2. The van der Waals surface area contributed by atoms with E-state index in [9.17, 15) is 19.3 Å². The highest BCUT2D eigenvalue weighted by molar-refractivity contribution is 7.97. The Hall–Kier alpha value is -1.64. The van der Waals surface area contributed by atoms with Crippen LogP contribution in [0.15, 0.2) is 4.58 Å². The normalized spacial score (nSPS) is 19.8. The highest BCUT2D eigenvalue weighted by Gasteiger charge is 2.37. The van der Waals surface area contributed by atoms with E-state index < -0.39 is 29.9 Å². The molecule has 1 aliphatic rings. The quantitative estimate of drug-likeness (QED) is 0.524. The molecule has 9 heteroatoms. The van der Waals surface area contributed by atoms with Gasteiger partial charge in [0.15, 0.2) is 0 Å². The molecule has 1 fully saturated rings. The first-order valence-corrected chi connectivity index (χ1v) is 6.66. The summed E-state index contributed by atoms with van der Waals surface area (Å²) in [6.07, 6.45) is 1.00. The van der Waals surface area contributed by atoms with Crippen LogP contribution in [-0.2, 0) is 14.4 Å². The lowest BCUT2D eigenvalue weighted by atomic mass is 10.2. The van der Waals surface area contributed by atoms with E-state index in [0.717, 1.165) is 0 Å². The molecule has 0 saturated carbocycles. The van der Waals surface area contributed by atoms with E-state index in [0.29, 0.717) is 31.3 Å². The first kappa shape index (κ1) is 15.4. The predicted octanol–water partition coefficient (Wildman–Crippen LogP) is -0.0187. The molecular weight excluding hydrogens is 274 g/mol. The molecule has 1 saturated heterocycles. The molecule has 1 heterocycles. The predicted molar refractivity (Wildman–Crippen MR) is 68.2 cm³/mol. The van der Waals surface area contributed by atoms with Gasteiger partial charge in [-0.3, -0.25) is 9.59 Å². The van der Waals surface area contributed by atoms with Crippen molar-refractivity contribution < 1.29 is 19.5 Å². The monoisotopic (exact) mass is 289 g/mol. The number of carbonyl (C=O) groups is 3. The van der Waals surface area contributed by atoms with Gasteiger partial charge in [0, 0.05) is 35.8 Å². The van der Waals surface area contributed by atoms with Crippen molar-refractivity contribution in [3.8, 4) is 0 Å². The molecule has 0 aromatic carbocycles. The van der Waals surface area contributed by atoms with Crippen LogP contribution in [0.2, 0.25) is 0 Å². The number of nitroso groups, excluding NO2 is 1. The van der Waals surface area contributed by atoms with Gasteiger partial charge < -0.3 is 15.3 Å². The Bertz CT molecular complexity index is 389. The Morgan fingerprint density at radius 1 is 1.53 bits per heavy atom. The van der Waals surface area contributed by atoms with Crippen molar-refractivity contribution in [3.63, 3.8) is 0 Å². The van der Waals surface area contributed by atoms with Crippen LogP contribution >= 0.6 is 11.9 Å². The maximum absolute atomic E-state index is 12.2. The van der Waals surface area contributed by atoms with Crippen LogP contribution in [-0.4, -0.2) is 52.2 Å². The third-order valence-electron chi connectivity index (χ3n) is 2.79. The van der Waals surface area contributed by atoms with Crippen LogP contribution in [0.1, 0.15) is 19.8 Å². The molecule has 2 amide bonds. The van der Waals surface area contributed by atoms with Gasteiger partial charge in [-0.15, -0.1) is 4.91 Å². The summed E-state index contributed by atoms with van der Waals surface area (Å²) in [6, 6.07) is -1.79. The Kier molecular flexibility index (Phi) is 5.74. The standard InChI is InChI=1S/C10H15N3O5S/c1-6(14)11-7(5-19-12-18)9(15)13-4-2-3-8(13)10(16)17/h7-8H,2-5H2,1H3,(H,11,14)(H,16,17)/t7-,8?/m1/s1. The van der Waals surface area contributed by atoms with E-state index in [1.54, 1.807) is 0 Å². The number of carboxylic acid groups (broad SMARTS) is 1. The molecule has 0 spiro atoms. The minimum atomic E-state index is -1.06. The zero-order valence-corrected chi connectivity index (χ0v) is 11.2. The van der Waals surface area contributed by atoms with E-state index in [1.165, 1.54) is 11.8 Å². The Morgan fingerprint density at radius 3 is 2.74 bits per heavy atom. The molecule has 0 radical (unpaired) electrons. The number of likely N-dealkylation sites (tertiary alicyclic amines) is 1. The average Bonchev–Trinajstić information content (AvgIpc) is 2.82. The lowest BCUT2D eigenvalue weighted by Gasteiger charge is -2.26. The van der Waals surface area contributed by atoms with Gasteiger partial charge in [-0.25, -0.2) is 4.79 Å². The van der Waals surface area contributed by atoms with Crippen LogP contribution < -0.4 is 5.32 Å². The largest absolute Gasteiger partial charge is 0.480 e. The van der Waals surface area contributed by atoms with Gasteiger partial charge in [0.25, 0.3) is 0 Å². The van der Waals surface area contributed by atoms with Gasteiger partial charge in [-0.1, -0.05) is 0 Å². The number of aliphatic carboxylic acids is 1. The molecule has 0 aliphatic carbocycles. The van der Waals surface area contributed by atoms with Crippen molar-refractivity contribution in [1.29, 1.82) is 0 Å². The third-order valence-corrected chi connectivity index (χ3v) is 3.38. The summed E-state index contributed by atoms with van der Waals surface area (Å²) >= 11 is 0.615. The van der Waals surface area contributed by atoms with Gasteiger partial charge in [-0.2, -0.15) is 0 Å². The van der Waals surface area contributed by atoms with Crippen LogP contribution in [0.4, 0.5) is 0 Å². The van der Waals surface area contributed by atoms with Crippen molar-refractivity contribution >= 4 is 29.7 Å². The molecule has 8 nitrogen and oxygen atoms in total. The first-order chi connectivity index (χ1) is 8.97. The number of nitrogens with one attached hydrogen (secondary N) is 1. The van der Waals surface area contributed by atoms with E-state index in [2.05, 4.69) is 9.90 Å². The lowest BCUT2D eigenvalue weighted by Crippen LogP contribution is -2.52. The van der Waals surface area contributed by atoms with Crippen molar-refractivity contribution in [3.05, 3.63) is 4.91 Å². The SMILES string of the molecule is CC(=O)N[C@H](CSN=O)C(=O)N1CCCC1C(=O)O. The van der Waals surface area contributed by atoms with Gasteiger partial charge >= 0.3 is 5.97 Å². The minimum absolute atomic E-state index is 0.00917. The fraction of sp³-hybridized carbons (Fsp3) is 0.700. The third kappa shape index (κ3) is 4.19. The molecule has 0 aromatic heterocycles. The summed E-state index contributed by atoms with van der Waals surface area (Å²) < 4.78 is 2.57. The Morgan fingerprint density at radius 2 is 2.21 bits per heavy atom. The second kappa shape index (κ2) is 7.07. The first-order valence-electron chi connectivity index (χ1n) is 5.72. The van der Waals surface area contributed by atoms with Crippen LogP contribution in [0.3, 0.4) is 0 Å². The number of carboxylic acids is 1. The van der Waals surface area contributed by atoms with E-state index in [-0.39, 0.29) is 5.75 Å². The van der Waals surface area contributed by atoms with Crippen LogP contribution in [0.5, 0.6) is 0 Å². The fourth-order valence-electron chi connectivity index (χ4n) is 2.01. The second-order valence-electron chi connectivity index (χ2n) is 4.15. The number of carbonyl (C=O) groups excluding carboxylic acids is 2. The number of hydrogen-bond acceptors (Lipinski definition) is 6. The molecule has 1 unspecified atom stereocenters. The molecule has 19 heavy (non-hydrogen) atoms. The maximum Gasteiger partial charge on any atom is 0.326 e. The zero-order chi connectivity index (χ0) is 14.4. The number of amides is 2. The number of hydrogen-bond donors (Lipinski definition) is 2. The molecular formula is C10H15N3O5S. The molecule has 2 atom stereocenters. The topological polar surface area (TPSA) is 116 Å². The summed E-state index contributed by atoms with van der Waals surface area (Å²) in [5.41, 5.74) is 0. The smallest absolute Gasteiger partial charge is 0.326 e. The zero-order valence-electron chi connectivity index (χ0n) is 10.4. The molecule has 106 valence electrons. The fourth-order valence-corrected chi connectivity index (χ4v) is 2.45. The number of rotatable bonds is 6. The van der Waals surface area contributed by atoms with E-state index in [4.69, 9.17) is 5.11 Å². The maximum atomic E-state index is 12.2. The Balaban J connectivity index is 2.76. The minimum Gasteiger partial charge on any atom is -0.480 e. The molecule has 0 aromatic rings. The summed E-state index contributed by atoms with van der Waals surface area (Å²) in [5.74, 6) is -1.98. The summed E-state index contributed by atoms with van der Waals surface area (Å²) in [4.78, 5) is 45.6. The molecule has 1 aliphatic heterocycles. The molecule has 2 N–H and O–H groups in total. The van der Waals surface area contributed by atoms with Crippen LogP contribution in [0, 0.1) is 4.91 Å². The van der Waals surface area contributed by atoms with Crippen LogP contribution in [0.25, 0.3) is 0 Å². The number of nitrogens with zero attached hydrogens (tertiary/aromatic N) is 2. The van der Waals surface area contributed by atoms with Crippen molar-refractivity contribution in [2.75, 3.05) is 12.3 Å². The highest BCUT2D eigenvalue weighted by Crippen LogP contribution is 2.19. The summed E-state index contributed by atoms with van der Waals surface area (Å²) in [5, 5.41) is 11.4. The van der Waals surface area contributed by atoms with Crippen molar-refractivity contribution in [1.82, 2.24) is 10.2 Å². The van der Waals surface area contributed by atoms with Gasteiger partial charge in [0.1, 0.15) is 12.1 Å². The average molecular weight is 289 g/mol. The lowest BCUT2D eigenvalue weighted by molar-refractivity contribution is -0.149. The molecule has 1 rings (SSSR count). The van der Waals surface area contributed by atoms with E-state index in [1.807, 2.05) is 0 Å². The summed E-state index contributed by atoms with van der Waals surface area (Å²) in [6.45, 7) is 1.59. The Labute approximate surface area is 114 Å².